The van der Waals surface area contributed by atoms with Crippen molar-refractivity contribution in [2.45, 2.75) is 25.3 Å². The Morgan fingerprint density at radius 2 is 1.76 bits per heavy atom. The number of benzene rings is 2. The third-order valence-corrected chi connectivity index (χ3v) is 4.64. The molecule has 0 saturated heterocycles. The predicted molar refractivity (Wildman–Crippen MR) is 93.8 cm³/mol. The first kappa shape index (κ1) is 15.6. The standard InChI is InChI=1S/C21H18FNO2/c22-17-8-5-15(6-9-17)19-11-12-20(25-19)21(24)23-18-10-7-14-3-1-2-4-16(14)13-18/h1-6,8-9,11-12,18H,7,10,13H2,(H,23,24). The van der Waals surface area contributed by atoms with Gasteiger partial charge in [-0.1, -0.05) is 24.3 Å². The monoisotopic (exact) mass is 335 g/mol. The van der Waals surface area contributed by atoms with Crippen LogP contribution >= 0.6 is 0 Å². The van der Waals surface area contributed by atoms with Crippen LogP contribution in [-0.4, -0.2) is 11.9 Å². The third kappa shape index (κ3) is 3.33. The number of hydrogen-bond donors (Lipinski definition) is 1. The highest BCUT2D eigenvalue weighted by Crippen LogP contribution is 2.24. The first-order valence-corrected chi connectivity index (χ1v) is 8.42. The van der Waals surface area contributed by atoms with Crippen molar-refractivity contribution in [3.05, 3.63) is 83.4 Å². The quantitative estimate of drug-likeness (QED) is 0.772. The molecule has 4 heteroatoms. The largest absolute Gasteiger partial charge is 0.451 e. The molecule has 0 aliphatic heterocycles. The van der Waals surface area contributed by atoms with Gasteiger partial charge < -0.3 is 9.73 Å². The van der Waals surface area contributed by atoms with E-state index in [1.807, 2.05) is 6.07 Å². The summed E-state index contributed by atoms with van der Waals surface area (Å²) in [6.07, 6.45) is 2.74. The summed E-state index contributed by atoms with van der Waals surface area (Å²) in [6, 6.07) is 17.9. The number of furan rings is 1. The highest BCUT2D eigenvalue weighted by atomic mass is 19.1. The van der Waals surface area contributed by atoms with E-state index in [0.29, 0.717) is 5.76 Å². The minimum atomic E-state index is -0.300. The van der Waals surface area contributed by atoms with Crippen LogP contribution in [-0.2, 0) is 12.8 Å². The lowest BCUT2D eigenvalue weighted by Gasteiger charge is -2.25. The van der Waals surface area contributed by atoms with E-state index in [9.17, 15) is 9.18 Å². The van der Waals surface area contributed by atoms with Gasteiger partial charge in [-0.3, -0.25) is 4.79 Å². The SMILES string of the molecule is O=C(NC1CCc2ccccc2C1)c1ccc(-c2ccc(F)cc2)o1. The van der Waals surface area contributed by atoms with E-state index >= 15 is 0 Å². The lowest BCUT2D eigenvalue weighted by atomic mass is 9.88. The second kappa shape index (κ2) is 6.55. The van der Waals surface area contributed by atoms with Crippen LogP contribution in [0.15, 0.2) is 65.1 Å². The number of hydrogen-bond acceptors (Lipinski definition) is 2. The number of fused-ring (bicyclic) bond motifs is 1. The molecule has 3 nitrogen and oxygen atoms in total. The van der Waals surface area contributed by atoms with Gasteiger partial charge in [-0.2, -0.15) is 0 Å². The molecule has 1 atom stereocenters. The van der Waals surface area contributed by atoms with Crippen LogP contribution in [0.2, 0.25) is 0 Å². The smallest absolute Gasteiger partial charge is 0.287 e. The van der Waals surface area contributed by atoms with Crippen LogP contribution in [0.1, 0.15) is 28.1 Å². The molecule has 25 heavy (non-hydrogen) atoms. The van der Waals surface area contributed by atoms with E-state index in [0.717, 1.165) is 24.8 Å². The Balaban J connectivity index is 1.45. The highest BCUT2D eigenvalue weighted by molar-refractivity contribution is 5.92. The third-order valence-electron chi connectivity index (χ3n) is 4.64. The number of aryl methyl sites for hydroxylation is 1. The van der Waals surface area contributed by atoms with E-state index in [-0.39, 0.29) is 23.5 Å². The maximum Gasteiger partial charge on any atom is 0.287 e. The van der Waals surface area contributed by atoms with Crippen molar-refractivity contribution in [3.8, 4) is 11.3 Å². The molecule has 1 aliphatic rings. The fraction of sp³-hybridized carbons (Fsp3) is 0.190. The van der Waals surface area contributed by atoms with E-state index in [1.165, 1.54) is 23.3 Å². The van der Waals surface area contributed by atoms with Gasteiger partial charge in [0.15, 0.2) is 5.76 Å². The number of amides is 1. The molecule has 1 N–H and O–H groups in total. The van der Waals surface area contributed by atoms with E-state index in [1.54, 1.807) is 24.3 Å². The Morgan fingerprint density at radius 3 is 2.56 bits per heavy atom. The zero-order valence-corrected chi connectivity index (χ0v) is 13.7. The Morgan fingerprint density at radius 1 is 1.00 bits per heavy atom. The van der Waals surface area contributed by atoms with Crippen LogP contribution in [0.5, 0.6) is 0 Å². The number of carbonyl (C=O) groups excluding carboxylic acids is 1. The van der Waals surface area contributed by atoms with Crippen molar-refractivity contribution in [1.29, 1.82) is 0 Å². The fourth-order valence-electron chi connectivity index (χ4n) is 3.31. The predicted octanol–water partition coefficient (Wildman–Crippen LogP) is 4.37. The van der Waals surface area contributed by atoms with Crippen LogP contribution < -0.4 is 5.32 Å². The van der Waals surface area contributed by atoms with Gasteiger partial charge >= 0.3 is 0 Å². The molecule has 3 aromatic rings. The Hall–Kier alpha value is -2.88. The van der Waals surface area contributed by atoms with Gasteiger partial charge in [0.1, 0.15) is 11.6 Å². The Kier molecular flexibility index (Phi) is 4.10. The highest BCUT2D eigenvalue weighted by Gasteiger charge is 2.21. The second-order valence-electron chi connectivity index (χ2n) is 6.35. The minimum absolute atomic E-state index is 0.113. The molecule has 4 rings (SSSR count). The topological polar surface area (TPSA) is 42.2 Å². The maximum absolute atomic E-state index is 13.0. The zero-order chi connectivity index (χ0) is 17.2. The molecule has 0 spiro atoms. The molecule has 1 unspecified atom stereocenters. The number of carbonyl (C=O) groups is 1. The summed E-state index contributed by atoms with van der Waals surface area (Å²) >= 11 is 0. The number of rotatable bonds is 3. The number of halogens is 1. The zero-order valence-electron chi connectivity index (χ0n) is 13.7. The lowest BCUT2D eigenvalue weighted by Crippen LogP contribution is -2.38. The lowest BCUT2D eigenvalue weighted by molar-refractivity contribution is 0.0906. The normalized spacial score (nSPS) is 16.3. The van der Waals surface area contributed by atoms with Gasteiger partial charge in [0, 0.05) is 11.6 Å². The first-order chi connectivity index (χ1) is 12.2. The van der Waals surface area contributed by atoms with E-state index in [2.05, 4.69) is 23.5 Å². The molecule has 1 aliphatic carbocycles. The molecule has 1 amide bonds. The van der Waals surface area contributed by atoms with Crippen LogP contribution in [0.25, 0.3) is 11.3 Å². The molecule has 126 valence electrons. The summed E-state index contributed by atoms with van der Waals surface area (Å²) in [5.41, 5.74) is 3.40. The molecule has 0 radical (unpaired) electrons. The van der Waals surface area contributed by atoms with Crippen LogP contribution in [0.4, 0.5) is 4.39 Å². The minimum Gasteiger partial charge on any atom is -0.451 e. The van der Waals surface area contributed by atoms with Gasteiger partial charge in [0.05, 0.1) is 0 Å². The van der Waals surface area contributed by atoms with Crippen molar-refractivity contribution >= 4 is 5.91 Å². The van der Waals surface area contributed by atoms with Crippen molar-refractivity contribution in [3.63, 3.8) is 0 Å². The first-order valence-electron chi connectivity index (χ1n) is 8.42. The van der Waals surface area contributed by atoms with Crippen molar-refractivity contribution in [2.75, 3.05) is 0 Å². The summed E-state index contributed by atoms with van der Waals surface area (Å²) in [5, 5.41) is 3.06. The molecule has 1 aromatic heterocycles. The van der Waals surface area contributed by atoms with Crippen molar-refractivity contribution in [2.24, 2.45) is 0 Å². The van der Waals surface area contributed by atoms with Crippen LogP contribution in [0, 0.1) is 5.82 Å². The molecule has 0 fully saturated rings. The Labute approximate surface area is 145 Å². The molecule has 0 bridgehead atoms. The van der Waals surface area contributed by atoms with E-state index in [4.69, 9.17) is 4.42 Å². The summed E-state index contributed by atoms with van der Waals surface area (Å²) in [6.45, 7) is 0. The van der Waals surface area contributed by atoms with Crippen molar-refractivity contribution < 1.29 is 13.6 Å². The summed E-state index contributed by atoms with van der Waals surface area (Å²) in [5.74, 6) is 0.320. The fourth-order valence-corrected chi connectivity index (χ4v) is 3.31. The molecule has 2 aromatic carbocycles. The van der Waals surface area contributed by atoms with Gasteiger partial charge in [0.25, 0.3) is 5.91 Å². The van der Waals surface area contributed by atoms with Gasteiger partial charge in [-0.25, -0.2) is 4.39 Å². The van der Waals surface area contributed by atoms with Gasteiger partial charge in [-0.15, -0.1) is 0 Å². The van der Waals surface area contributed by atoms with Crippen molar-refractivity contribution in [1.82, 2.24) is 5.32 Å². The average molecular weight is 335 g/mol. The van der Waals surface area contributed by atoms with E-state index < -0.39 is 0 Å². The summed E-state index contributed by atoms with van der Waals surface area (Å²) < 4.78 is 18.7. The second-order valence-corrected chi connectivity index (χ2v) is 6.35. The molecular weight excluding hydrogens is 317 g/mol. The molecule has 0 saturated carbocycles. The van der Waals surface area contributed by atoms with Gasteiger partial charge in [-0.05, 0) is 66.8 Å². The summed E-state index contributed by atoms with van der Waals surface area (Å²) in [7, 11) is 0. The average Bonchev–Trinajstić information content (AvgIpc) is 3.12. The Bertz CT molecular complexity index is 898. The summed E-state index contributed by atoms with van der Waals surface area (Å²) in [4.78, 5) is 12.5. The van der Waals surface area contributed by atoms with Gasteiger partial charge in [0.2, 0.25) is 0 Å². The maximum atomic E-state index is 13.0. The molecular formula is C21H18FNO2. The molecule has 1 heterocycles. The van der Waals surface area contributed by atoms with Crippen LogP contribution in [0.3, 0.4) is 0 Å². The number of nitrogens with one attached hydrogen (secondary N) is 1.